The van der Waals surface area contributed by atoms with Gasteiger partial charge in [-0.05, 0) is 50.3 Å². The quantitative estimate of drug-likeness (QED) is 0.886. The Hall–Kier alpha value is -0.870. The van der Waals surface area contributed by atoms with Crippen molar-refractivity contribution in [1.82, 2.24) is 15.5 Å². The molecule has 0 radical (unpaired) electrons. The van der Waals surface area contributed by atoms with Gasteiger partial charge in [0.25, 0.3) is 0 Å². The van der Waals surface area contributed by atoms with Gasteiger partial charge in [0, 0.05) is 19.1 Å². The SMILES string of the molecule is Clc1ccc(N(CC2CC2)CC2CCCN2)nn1. The van der Waals surface area contributed by atoms with Crippen molar-refractivity contribution in [2.24, 2.45) is 5.92 Å². The molecule has 2 heterocycles. The molecule has 3 rings (SSSR count). The molecular formula is C13H19ClN4. The number of halogens is 1. The molecule has 1 saturated heterocycles. The van der Waals surface area contributed by atoms with Gasteiger partial charge in [-0.3, -0.25) is 0 Å². The van der Waals surface area contributed by atoms with Crippen LogP contribution in [0, 0.1) is 5.92 Å². The molecule has 1 atom stereocenters. The van der Waals surface area contributed by atoms with Crippen molar-refractivity contribution in [3.63, 3.8) is 0 Å². The summed E-state index contributed by atoms with van der Waals surface area (Å²) in [6.45, 7) is 3.29. The minimum absolute atomic E-state index is 0.462. The first-order valence-electron chi connectivity index (χ1n) is 6.79. The first-order valence-corrected chi connectivity index (χ1v) is 7.16. The second kappa shape index (κ2) is 5.41. The third-order valence-electron chi connectivity index (χ3n) is 3.72. The summed E-state index contributed by atoms with van der Waals surface area (Å²) in [5.74, 6) is 1.81. The van der Waals surface area contributed by atoms with E-state index in [0.717, 1.165) is 31.4 Å². The average Bonchev–Trinajstić information content (AvgIpc) is 3.04. The number of nitrogens with one attached hydrogen (secondary N) is 1. The van der Waals surface area contributed by atoms with Gasteiger partial charge < -0.3 is 10.2 Å². The Morgan fingerprint density at radius 3 is 2.72 bits per heavy atom. The number of rotatable bonds is 5. The molecule has 0 amide bonds. The van der Waals surface area contributed by atoms with Crippen LogP contribution in [0.2, 0.25) is 5.15 Å². The third kappa shape index (κ3) is 3.12. The number of anilines is 1. The van der Waals surface area contributed by atoms with E-state index in [4.69, 9.17) is 11.6 Å². The standard InChI is InChI=1S/C13H19ClN4/c14-12-5-6-13(17-16-12)18(8-10-3-4-10)9-11-2-1-7-15-11/h5-6,10-11,15H,1-4,7-9H2. The maximum Gasteiger partial charge on any atom is 0.151 e. The fraction of sp³-hybridized carbons (Fsp3) is 0.692. The van der Waals surface area contributed by atoms with Gasteiger partial charge in [0.05, 0.1) is 0 Å². The number of hydrogen-bond acceptors (Lipinski definition) is 4. The fourth-order valence-electron chi connectivity index (χ4n) is 2.53. The van der Waals surface area contributed by atoms with Crippen LogP contribution in [-0.4, -0.2) is 35.9 Å². The van der Waals surface area contributed by atoms with E-state index >= 15 is 0 Å². The van der Waals surface area contributed by atoms with Gasteiger partial charge in [-0.2, -0.15) is 0 Å². The summed E-state index contributed by atoms with van der Waals surface area (Å²) in [6.07, 6.45) is 5.27. The summed E-state index contributed by atoms with van der Waals surface area (Å²) < 4.78 is 0. The predicted octanol–water partition coefficient (Wildman–Crippen LogP) is 2.10. The highest BCUT2D eigenvalue weighted by Crippen LogP contribution is 2.31. The van der Waals surface area contributed by atoms with Gasteiger partial charge in [-0.25, -0.2) is 0 Å². The van der Waals surface area contributed by atoms with Crippen LogP contribution >= 0.6 is 11.6 Å². The van der Waals surface area contributed by atoms with E-state index in [1.807, 2.05) is 12.1 Å². The van der Waals surface area contributed by atoms with Crippen molar-refractivity contribution < 1.29 is 0 Å². The first-order chi connectivity index (χ1) is 8.81. The van der Waals surface area contributed by atoms with Crippen molar-refractivity contribution in [2.75, 3.05) is 24.5 Å². The Labute approximate surface area is 113 Å². The smallest absolute Gasteiger partial charge is 0.151 e. The summed E-state index contributed by atoms with van der Waals surface area (Å²) in [5.41, 5.74) is 0. The Morgan fingerprint density at radius 2 is 2.11 bits per heavy atom. The molecule has 1 aromatic heterocycles. The number of nitrogens with zero attached hydrogens (tertiary/aromatic N) is 3. The molecule has 1 aromatic rings. The number of aromatic nitrogens is 2. The van der Waals surface area contributed by atoms with Gasteiger partial charge in [-0.1, -0.05) is 11.6 Å². The van der Waals surface area contributed by atoms with E-state index in [0.29, 0.717) is 11.2 Å². The monoisotopic (exact) mass is 266 g/mol. The van der Waals surface area contributed by atoms with Crippen LogP contribution in [0.5, 0.6) is 0 Å². The van der Waals surface area contributed by atoms with Crippen molar-refractivity contribution in [1.29, 1.82) is 0 Å². The lowest BCUT2D eigenvalue weighted by molar-refractivity contribution is 0.565. The van der Waals surface area contributed by atoms with Crippen LogP contribution in [-0.2, 0) is 0 Å². The second-order valence-corrected chi connectivity index (χ2v) is 5.74. The Balaban J connectivity index is 1.68. The minimum Gasteiger partial charge on any atom is -0.353 e. The van der Waals surface area contributed by atoms with Crippen molar-refractivity contribution >= 4 is 17.4 Å². The predicted molar refractivity (Wildman–Crippen MR) is 73.0 cm³/mol. The maximum absolute atomic E-state index is 5.80. The summed E-state index contributed by atoms with van der Waals surface area (Å²) in [7, 11) is 0. The summed E-state index contributed by atoms with van der Waals surface area (Å²) >= 11 is 5.80. The maximum atomic E-state index is 5.80. The average molecular weight is 267 g/mol. The minimum atomic E-state index is 0.462. The molecular weight excluding hydrogens is 248 g/mol. The highest BCUT2D eigenvalue weighted by Gasteiger charge is 2.27. The van der Waals surface area contributed by atoms with Gasteiger partial charge in [0.1, 0.15) is 0 Å². The van der Waals surface area contributed by atoms with Crippen molar-refractivity contribution in [2.45, 2.75) is 31.7 Å². The van der Waals surface area contributed by atoms with Gasteiger partial charge in [0.2, 0.25) is 0 Å². The third-order valence-corrected chi connectivity index (χ3v) is 3.92. The summed E-state index contributed by atoms with van der Waals surface area (Å²) in [5, 5.41) is 12.2. The molecule has 1 saturated carbocycles. The molecule has 1 aliphatic carbocycles. The van der Waals surface area contributed by atoms with E-state index in [1.54, 1.807) is 0 Å². The topological polar surface area (TPSA) is 41.0 Å². The second-order valence-electron chi connectivity index (χ2n) is 5.36. The lowest BCUT2D eigenvalue weighted by Crippen LogP contribution is -2.39. The van der Waals surface area contributed by atoms with Gasteiger partial charge in [0.15, 0.2) is 11.0 Å². The highest BCUT2D eigenvalue weighted by molar-refractivity contribution is 6.29. The fourth-order valence-corrected chi connectivity index (χ4v) is 2.63. The molecule has 5 heteroatoms. The summed E-state index contributed by atoms with van der Waals surface area (Å²) in [4.78, 5) is 2.37. The Morgan fingerprint density at radius 1 is 1.22 bits per heavy atom. The molecule has 18 heavy (non-hydrogen) atoms. The molecule has 1 aliphatic heterocycles. The normalized spacial score (nSPS) is 23.3. The van der Waals surface area contributed by atoms with E-state index in [1.165, 1.54) is 25.7 Å². The van der Waals surface area contributed by atoms with Crippen LogP contribution in [0.1, 0.15) is 25.7 Å². The molecule has 0 spiro atoms. The summed E-state index contributed by atoms with van der Waals surface area (Å²) in [6, 6.07) is 4.40. The molecule has 0 bridgehead atoms. The molecule has 1 unspecified atom stereocenters. The molecule has 4 nitrogen and oxygen atoms in total. The molecule has 1 N–H and O–H groups in total. The first kappa shape index (κ1) is 12.2. The lowest BCUT2D eigenvalue weighted by Gasteiger charge is -2.26. The lowest BCUT2D eigenvalue weighted by atomic mass is 10.2. The molecule has 0 aromatic carbocycles. The van der Waals surface area contributed by atoms with E-state index < -0.39 is 0 Å². The largest absolute Gasteiger partial charge is 0.353 e. The Kier molecular flexibility index (Phi) is 3.66. The van der Waals surface area contributed by atoms with Gasteiger partial charge >= 0.3 is 0 Å². The van der Waals surface area contributed by atoms with Crippen LogP contribution in [0.15, 0.2) is 12.1 Å². The van der Waals surface area contributed by atoms with Crippen molar-refractivity contribution in [3.05, 3.63) is 17.3 Å². The Bertz CT molecular complexity index is 384. The van der Waals surface area contributed by atoms with E-state index in [2.05, 4.69) is 20.4 Å². The molecule has 98 valence electrons. The number of hydrogen-bond donors (Lipinski definition) is 1. The molecule has 2 aliphatic rings. The van der Waals surface area contributed by atoms with E-state index in [9.17, 15) is 0 Å². The molecule has 2 fully saturated rings. The van der Waals surface area contributed by atoms with Crippen LogP contribution in [0.25, 0.3) is 0 Å². The van der Waals surface area contributed by atoms with Crippen molar-refractivity contribution in [3.8, 4) is 0 Å². The van der Waals surface area contributed by atoms with Crippen LogP contribution < -0.4 is 10.2 Å². The van der Waals surface area contributed by atoms with Crippen LogP contribution in [0.4, 0.5) is 5.82 Å². The zero-order valence-electron chi connectivity index (χ0n) is 10.5. The van der Waals surface area contributed by atoms with E-state index in [-0.39, 0.29) is 0 Å². The highest BCUT2D eigenvalue weighted by atomic mass is 35.5. The van der Waals surface area contributed by atoms with Crippen LogP contribution in [0.3, 0.4) is 0 Å². The zero-order valence-corrected chi connectivity index (χ0v) is 11.2. The zero-order chi connectivity index (χ0) is 12.4. The van der Waals surface area contributed by atoms with Gasteiger partial charge in [-0.15, -0.1) is 10.2 Å².